The van der Waals surface area contributed by atoms with Gasteiger partial charge < -0.3 is 14.5 Å². The second kappa shape index (κ2) is 7.20. The molecule has 0 bridgehead atoms. The highest BCUT2D eigenvalue weighted by Gasteiger charge is 2.18. The summed E-state index contributed by atoms with van der Waals surface area (Å²) in [6.07, 6.45) is 0. The Kier molecular flexibility index (Phi) is 5.91. The molecule has 1 aromatic heterocycles. The number of amides is 1. The Morgan fingerprint density at radius 1 is 1.32 bits per heavy atom. The molecule has 1 amide bonds. The lowest BCUT2D eigenvalue weighted by molar-refractivity contribution is 0.0526. The summed E-state index contributed by atoms with van der Waals surface area (Å²) >= 11 is 1.12. The number of ether oxygens (including phenoxy) is 1. The third kappa shape index (κ3) is 4.60. The van der Waals surface area contributed by atoms with Crippen molar-refractivity contribution in [2.75, 3.05) is 40.8 Å². The standard InChI is InChI=1S/C12H19N3O3S/c1-5-18-12(17)10-13-9(8-19-10)11(16)15(4)7-6-14(2)3/h8H,5-7H2,1-4H3. The molecular formula is C12H19N3O3S. The predicted octanol–water partition coefficient (Wildman–Crippen LogP) is 0.953. The molecule has 0 radical (unpaired) electrons. The molecule has 0 aromatic carbocycles. The number of esters is 1. The number of thiazole rings is 1. The van der Waals surface area contributed by atoms with Crippen LogP contribution in [-0.4, -0.2) is 67.5 Å². The molecule has 0 atom stereocenters. The van der Waals surface area contributed by atoms with Gasteiger partial charge in [-0.05, 0) is 21.0 Å². The molecule has 19 heavy (non-hydrogen) atoms. The fourth-order valence-corrected chi connectivity index (χ4v) is 1.99. The summed E-state index contributed by atoms with van der Waals surface area (Å²) in [5.41, 5.74) is 0.286. The van der Waals surface area contributed by atoms with Crippen LogP contribution in [0.4, 0.5) is 0 Å². The Balaban J connectivity index is 2.65. The van der Waals surface area contributed by atoms with Gasteiger partial charge in [0.05, 0.1) is 6.61 Å². The van der Waals surface area contributed by atoms with Gasteiger partial charge in [0.2, 0.25) is 5.01 Å². The van der Waals surface area contributed by atoms with Gasteiger partial charge in [-0.2, -0.15) is 0 Å². The first-order chi connectivity index (χ1) is 8.95. The zero-order valence-electron chi connectivity index (χ0n) is 11.7. The zero-order valence-corrected chi connectivity index (χ0v) is 12.5. The largest absolute Gasteiger partial charge is 0.461 e. The third-order valence-electron chi connectivity index (χ3n) is 2.40. The molecule has 1 heterocycles. The summed E-state index contributed by atoms with van der Waals surface area (Å²) in [5.74, 6) is -0.670. The van der Waals surface area contributed by atoms with Crippen molar-refractivity contribution in [3.8, 4) is 0 Å². The number of rotatable bonds is 6. The third-order valence-corrected chi connectivity index (χ3v) is 3.23. The van der Waals surface area contributed by atoms with Gasteiger partial charge in [-0.3, -0.25) is 4.79 Å². The Labute approximate surface area is 117 Å². The quantitative estimate of drug-likeness (QED) is 0.728. The highest BCUT2D eigenvalue weighted by atomic mass is 32.1. The molecule has 0 aliphatic heterocycles. The van der Waals surface area contributed by atoms with Crippen molar-refractivity contribution in [3.05, 3.63) is 16.1 Å². The van der Waals surface area contributed by atoms with Crippen LogP contribution in [0.15, 0.2) is 5.38 Å². The van der Waals surface area contributed by atoms with Crippen molar-refractivity contribution >= 4 is 23.2 Å². The van der Waals surface area contributed by atoms with Crippen LogP contribution in [0.25, 0.3) is 0 Å². The maximum Gasteiger partial charge on any atom is 0.367 e. The van der Waals surface area contributed by atoms with E-state index in [0.717, 1.165) is 17.9 Å². The number of hydrogen-bond acceptors (Lipinski definition) is 6. The maximum atomic E-state index is 12.1. The summed E-state index contributed by atoms with van der Waals surface area (Å²) in [6.45, 7) is 3.41. The number of carbonyl (C=O) groups excluding carboxylic acids is 2. The number of carbonyl (C=O) groups is 2. The van der Waals surface area contributed by atoms with E-state index >= 15 is 0 Å². The minimum absolute atomic E-state index is 0.186. The van der Waals surface area contributed by atoms with Crippen molar-refractivity contribution in [2.45, 2.75) is 6.92 Å². The molecule has 0 unspecified atom stereocenters. The smallest absolute Gasteiger partial charge is 0.367 e. The molecule has 7 heteroatoms. The Bertz CT molecular complexity index is 445. The van der Waals surface area contributed by atoms with E-state index in [2.05, 4.69) is 4.98 Å². The SMILES string of the molecule is CCOC(=O)c1nc(C(=O)N(C)CCN(C)C)cs1. The fraction of sp³-hybridized carbons (Fsp3) is 0.583. The Morgan fingerprint density at radius 2 is 2.00 bits per heavy atom. The summed E-state index contributed by atoms with van der Waals surface area (Å²) in [7, 11) is 5.61. The van der Waals surface area contributed by atoms with Crippen LogP contribution in [0.5, 0.6) is 0 Å². The van der Waals surface area contributed by atoms with Gasteiger partial charge in [-0.15, -0.1) is 11.3 Å². The second-order valence-electron chi connectivity index (χ2n) is 4.29. The normalized spacial score (nSPS) is 10.6. The number of aromatic nitrogens is 1. The van der Waals surface area contributed by atoms with Gasteiger partial charge in [-0.1, -0.05) is 0 Å². The minimum Gasteiger partial charge on any atom is -0.461 e. The summed E-state index contributed by atoms with van der Waals surface area (Å²) in [4.78, 5) is 31.1. The van der Waals surface area contributed by atoms with Crippen LogP contribution in [0.3, 0.4) is 0 Å². The minimum atomic E-state index is -0.484. The van der Waals surface area contributed by atoms with Crippen molar-refractivity contribution in [1.29, 1.82) is 0 Å². The van der Waals surface area contributed by atoms with Gasteiger partial charge in [0.1, 0.15) is 5.69 Å². The van der Waals surface area contributed by atoms with Gasteiger partial charge in [0, 0.05) is 25.5 Å². The van der Waals surface area contributed by atoms with Crippen LogP contribution in [0.2, 0.25) is 0 Å². The first kappa shape index (κ1) is 15.6. The van der Waals surface area contributed by atoms with Gasteiger partial charge in [0.15, 0.2) is 0 Å². The fourth-order valence-electron chi connectivity index (χ4n) is 1.31. The lowest BCUT2D eigenvalue weighted by Crippen LogP contribution is -2.33. The molecule has 6 nitrogen and oxygen atoms in total. The molecule has 1 rings (SSSR count). The molecule has 0 fully saturated rings. The number of likely N-dealkylation sites (N-methyl/N-ethyl adjacent to an activating group) is 2. The second-order valence-corrected chi connectivity index (χ2v) is 5.15. The summed E-state index contributed by atoms with van der Waals surface area (Å²) in [6, 6.07) is 0. The molecular weight excluding hydrogens is 266 g/mol. The van der Waals surface area contributed by atoms with Crippen molar-refractivity contribution in [3.63, 3.8) is 0 Å². The van der Waals surface area contributed by atoms with Gasteiger partial charge in [0.25, 0.3) is 5.91 Å². The number of nitrogens with zero attached hydrogens (tertiary/aromatic N) is 3. The van der Waals surface area contributed by atoms with E-state index in [-0.39, 0.29) is 16.6 Å². The van der Waals surface area contributed by atoms with E-state index < -0.39 is 5.97 Å². The van der Waals surface area contributed by atoms with Crippen LogP contribution < -0.4 is 0 Å². The lowest BCUT2D eigenvalue weighted by Gasteiger charge is -2.18. The molecule has 0 saturated heterocycles. The predicted molar refractivity (Wildman–Crippen MR) is 73.6 cm³/mol. The lowest BCUT2D eigenvalue weighted by atomic mass is 10.4. The van der Waals surface area contributed by atoms with Crippen LogP contribution in [0.1, 0.15) is 27.2 Å². The molecule has 0 spiro atoms. The molecule has 0 aliphatic carbocycles. The monoisotopic (exact) mass is 285 g/mol. The molecule has 0 saturated carbocycles. The van der Waals surface area contributed by atoms with Crippen LogP contribution in [0, 0.1) is 0 Å². The topological polar surface area (TPSA) is 62.7 Å². The van der Waals surface area contributed by atoms with Crippen molar-refractivity contribution < 1.29 is 14.3 Å². The van der Waals surface area contributed by atoms with Gasteiger partial charge >= 0.3 is 5.97 Å². The first-order valence-electron chi connectivity index (χ1n) is 5.98. The summed E-state index contributed by atoms with van der Waals surface area (Å²) < 4.78 is 4.84. The highest BCUT2D eigenvalue weighted by Crippen LogP contribution is 2.12. The van der Waals surface area contributed by atoms with E-state index in [1.54, 1.807) is 24.3 Å². The van der Waals surface area contributed by atoms with E-state index in [9.17, 15) is 9.59 Å². The molecule has 1 aromatic rings. The van der Waals surface area contributed by atoms with Crippen LogP contribution >= 0.6 is 11.3 Å². The average molecular weight is 285 g/mol. The average Bonchev–Trinajstić information content (AvgIpc) is 2.84. The zero-order chi connectivity index (χ0) is 14.4. The Hall–Kier alpha value is -1.47. The number of hydrogen-bond donors (Lipinski definition) is 0. The molecule has 0 N–H and O–H groups in total. The Morgan fingerprint density at radius 3 is 2.58 bits per heavy atom. The van der Waals surface area contributed by atoms with Crippen molar-refractivity contribution in [1.82, 2.24) is 14.8 Å². The molecule has 106 valence electrons. The van der Waals surface area contributed by atoms with Crippen molar-refractivity contribution in [2.24, 2.45) is 0 Å². The van der Waals surface area contributed by atoms with E-state index in [0.29, 0.717) is 13.2 Å². The first-order valence-corrected chi connectivity index (χ1v) is 6.86. The summed E-state index contributed by atoms with van der Waals surface area (Å²) in [5, 5.41) is 1.80. The van der Waals surface area contributed by atoms with E-state index in [4.69, 9.17) is 4.74 Å². The van der Waals surface area contributed by atoms with E-state index in [1.807, 2.05) is 19.0 Å². The van der Waals surface area contributed by atoms with Crippen LogP contribution in [-0.2, 0) is 4.74 Å². The highest BCUT2D eigenvalue weighted by molar-refractivity contribution is 7.11. The van der Waals surface area contributed by atoms with Gasteiger partial charge in [-0.25, -0.2) is 9.78 Å². The maximum absolute atomic E-state index is 12.1. The molecule has 0 aliphatic rings. The van der Waals surface area contributed by atoms with E-state index in [1.165, 1.54) is 0 Å².